The molecule has 4 nitrogen and oxygen atoms in total. The minimum absolute atomic E-state index is 0.0371. The molecule has 0 radical (unpaired) electrons. The number of carbonyl (C=O) groups is 2. The van der Waals surface area contributed by atoms with Gasteiger partial charge in [0.05, 0.1) is 6.54 Å². The molecule has 0 bridgehead atoms. The van der Waals surface area contributed by atoms with Crippen molar-refractivity contribution in [2.24, 2.45) is 5.92 Å². The van der Waals surface area contributed by atoms with Crippen LogP contribution in [0.3, 0.4) is 0 Å². The van der Waals surface area contributed by atoms with Crippen molar-refractivity contribution in [3.63, 3.8) is 0 Å². The summed E-state index contributed by atoms with van der Waals surface area (Å²) in [6.45, 7) is 5.46. The molecule has 1 N–H and O–H groups in total. The first-order valence-corrected chi connectivity index (χ1v) is 7.36. The summed E-state index contributed by atoms with van der Waals surface area (Å²) in [6, 6.07) is 0.294. The molecule has 1 saturated carbocycles. The fourth-order valence-corrected chi connectivity index (χ4v) is 3.35. The first-order valence-electron chi connectivity index (χ1n) is 7.36. The Kier molecular flexibility index (Phi) is 5.14. The molecule has 1 heterocycles. The molecule has 1 saturated heterocycles. The van der Waals surface area contributed by atoms with Gasteiger partial charge in [-0.2, -0.15) is 0 Å². The smallest absolute Gasteiger partial charge is 0.234 e. The molecule has 2 aliphatic rings. The van der Waals surface area contributed by atoms with E-state index in [1.807, 2.05) is 0 Å². The van der Waals surface area contributed by atoms with Gasteiger partial charge in [-0.15, -0.1) is 6.58 Å². The quantitative estimate of drug-likeness (QED) is 0.766. The van der Waals surface area contributed by atoms with Gasteiger partial charge in [0.1, 0.15) is 5.78 Å². The van der Waals surface area contributed by atoms with Gasteiger partial charge in [0.2, 0.25) is 5.91 Å². The van der Waals surface area contributed by atoms with Crippen LogP contribution in [0.1, 0.15) is 38.5 Å². The zero-order valence-electron chi connectivity index (χ0n) is 11.6. The predicted octanol–water partition coefficient (Wildman–Crippen LogP) is 1.51. The second-order valence-electron chi connectivity index (χ2n) is 5.59. The summed E-state index contributed by atoms with van der Waals surface area (Å²) >= 11 is 0. The van der Waals surface area contributed by atoms with Crippen LogP contribution >= 0.6 is 0 Å². The van der Waals surface area contributed by atoms with Gasteiger partial charge in [-0.3, -0.25) is 14.5 Å². The van der Waals surface area contributed by atoms with Gasteiger partial charge in [0.25, 0.3) is 0 Å². The third-order valence-electron chi connectivity index (χ3n) is 4.27. The molecular weight excluding hydrogens is 240 g/mol. The summed E-state index contributed by atoms with van der Waals surface area (Å²) < 4.78 is 0. The molecular formula is C15H24N2O2. The Bertz CT molecular complexity index is 354. The van der Waals surface area contributed by atoms with Crippen LogP contribution < -0.4 is 5.32 Å². The van der Waals surface area contributed by atoms with Gasteiger partial charge >= 0.3 is 0 Å². The van der Waals surface area contributed by atoms with E-state index in [4.69, 9.17) is 0 Å². The maximum atomic E-state index is 12.0. The standard InChI is InChI=1S/C15H24N2O2/c1-2-9-16-15(19)11-17-10-5-7-13(17)12-6-3-4-8-14(12)18/h2,12-13H,1,3-11H2,(H,16,19). The summed E-state index contributed by atoms with van der Waals surface area (Å²) in [5.41, 5.74) is 0. The zero-order chi connectivity index (χ0) is 13.7. The molecule has 0 aromatic heterocycles. The highest BCUT2D eigenvalue weighted by Crippen LogP contribution is 2.32. The van der Waals surface area contributed by atoms with Crippen LogP contribution in [-0.2, 0) is 9.59 Å². The Morgan fingerprint density at radius 3 is 2.95 bits per heavy atom. The molecule has 1 aliphatic carbocycles. The number of nitrogens with zero attached hydrogens (tertiary/aromatic N) is 1. The second kappa shape index (κ2) is 6.85. The fourth-order valence-electron chi connectivity index (χ4n) is 3.35. The van der Waals surface area contributed by atoms with Gasteiger partial charge in [0.15, 0.2) is 0 Å². The third-order valence-corrected chi connectivity index (χ3v) is 4.27. The molecule has 2 unspecified atom stereocenters. The lowest BCUT2D eigenvalue weighted by atomic mass is 9.82. The molecule has 1 amide bonds. The molecule has 0 aromatic carbocycles. The number of ketones is 1. The highest BCUT2D eigenvalue weighted by Gasteiger charge is 2.37. The Labute approximate surface area is 115 Å². The Morgan fingerprint density at radius 2 is 2.21 bits per heavy atom. The minimum atomic E-state index is 0.0371. The Balaban J connectivity index is 1.90. The summed E-state index contributed by atoms with van der Waals surface area (Å²) in [5.74, 6) is 0.619. The van der Waals surface area contributed by atoms with Crippen molar-refractivity contribution in [2.45, 2.75) is 44.6 Å². The van der Waals surface area contributed by atoms with Crippen molar-refractivity contribution in [3.8, 4) is 0 Å². The summed E-state index contributed by atoms with van der Waals surface area (Å²) in [4.78, 5) is 26.0. The van der Waals surface area contributed by atoms with E-state index < -0.39 is 0 Å². The molecule has 19 heavy (non-hydrogen) atoms. The number of hydrogen-bond acceptors (Lipinski definition) is 3. The second-order valence-corrected chi connectivity index (χ2v) is 5.59. The molecule has 2 rings (SSSR count). The number of hydrogen-bond donors (Lipinski definition) is 1. The third kappa shape index (κ3) is 3.66. The SMILES string of the molecule is C=CCNC(=O)CN1CCCC1C1CCCCC1=O. The molecule has 4 heteroatoms. The average molecular weight is 264 g/mol. The zero-order valence-corrected chi connectivity index (χ0v) is 11.6. The number of nitrogens with one attached hydrogen (secondary N) is 1. The van der Waals surface area contributed by atoms with Crippen LogP contribution in [0.4, 0.5) is 0 Å². The van der Waals surface area contributed by atoms with E-state index >= 15 is 0 Å². The average Bonchev–Trinajstić information content (AvgIpc) is 2.85. The van der Waals surface area contributed by atoms with E-state index in [1.165, 1.54) is 0 Å². The van der Waals surface area contributed by atoms with E-state index in [-0.39, 0.29) is 11.8 Å². The first kappa shape index (κ1) is 14.3. The summed E-state index contributed by atoms with van der Waals surface area (Å²) in [5, 5.41) is 2.81. The van der Waals surface area contributed by atoms with Crippen molar-refractivity contribution < 1.29 is 9.59 Å². The van der Waals surface area contributed by atoms with Crippen LogP contribution in [0.25, 0.3) is 0 Å². The van der Waals surface area contributed by atoms with E-state index in [2.05, 4.69) is 16.8 Å². The normalized spacial score (nSPS) is 28.3. The molecule has 1 aliphatic heterocycles. The lowest BCUT2D eigenvalue weighted by Crippen LogP contribution is -2.45. The van der Waals surface area contributed by atoms with Crippen LogP contribution in [0.2, 0.25) is 0 Å². The monoisotopic (exact) mass is 264 g/mol. The van der Waals surface area contributed by atoms with Crippen molar-refractivity contribution >= 4 is 11.7 Å². The minimum Gasteiger partial charge on any atom is -0.352 e. The lowest BCUT2D eigenvalue weighted by Gasteiger charge is -2.32. The Morgan fingerprint density at radius 1 is 1.37 bits per heavy atom. The van der Waals surface area contributed by atoms with E-state index in [1.54, 1.807) is 6.08 Å². The molecule has 0 aromatic rings. The number of carbonyl (C=O) groups excluding carboxylic acids is 2. The number of amides is 1. The first-order chi connectivity index (χ1) is 9.22. The molecule has 2 atom stereocenters. The molecule has 106 valence electrons. The van der Waals surface area contributed by atoms with Crippen LogP contribution in [0.5, 0.6) is 0 Å². The predicted molar refractivity (Wildman–Crippen MR) is 74.8 cm³/mol. The summed E-state index contributed by atoms with van der Waals surface area (Å²) in [6.07, 6.45) is 7.79. The van der Waals surface area contributed by atoms with E-state index in [0.717, 1.165) is 45.1 Å². The largest absolute Gasteiger partial charge is 0.352 e. The van der Waals surface area contributed by atoms with E-state index in [9.17, 15) is 9.59 Å². The van der Waals surface area contributed by atoms with Crippen molar-refractivity contribution in [1.82, 2.24) is 10.2 Å². The van der Waals surface area contributed by atoms with Gasteiger partial charge < -0.3 is 5.32 Å². The van der Waals surface area contributed by atoms with Crippen molar-refractivity contribution in [3.05, 3.63) is 12.7 Å². The maximum absolute atomic E-state index is 12.0. The van der Waals surface area contributed by atoms with Gasteiger partial charge in [-0.25, -0.2) is 0 Å². The maximum Gasteiger partial charge on any atom is 0.234 e. The lowest BCUT2D eigenvalue weighted by molar-refractivity contribution is -0.128. The van der Waals surface area contributed by atoms with Crippen molar-refractivity contribution in [2.75, 3.05) is 19.6 Å². The number of rotatable bonds is 5. The fraction of sp³-hybridized carbons (Fsp3) is 0.733. The van der Waals surface area contributed by atoms with Crippen LogP contribution in [0, 0.1) is 5.92 Å². The Hall–Kier alpha value is -1.16. The van der Waals surface area contributed by atoms with Gasteiger partial charge in [-0.05, 0) is 32.2 Å². The highest BCUT2D eigenvalue weighted by atomic mass is 16.2. The molecule has 2 fully saturated rings. The van der Waals surface area contributed by atoms with Gasteiger partial charge in [0, 0.05) is 24.9 Å². The topological polar surface area (TPSA) is 49.4 Å². The van der Waals surface area contributed by atoms with Crippen LogP contribution in [-0.4, -0.2) is 42.3 Å². The number of likely N-dealkylation sites (tertiary alicyclic amines) is 1. The van der Waals surface area contributed by atoms with Crippen LogP contribution in [0.15, 0.2) is 12.7 Å². The highest BCUT2D eigenvalue weighted by molar-refractivity contribution is 5.82. The molecule has 0 spiro atoms. The number of Topliss-reactive ketones (excluding diaryl/α,β-unsaturated/α-hetero) is 1. The van der Waals surface area contributed by atoms with Crippen molar-refractivity contribution in [1.29, 1.82) is 0 Å². The summed E-state index contributed by atoms with van der Waals surface area (Å²) in [7, 11) is 0. The van der Waals surface area contributed by atoms with E-state index in [0.29, 0.717) is 24.9 Å². The van der Waals surface area contributed by atoms with Gasteiger partial charge in [-0.1, -0.05) is 12.5 Å².